The summed E-state index contributed by atoms with van der Waals surface area (Å²) in [5.41, 5.74) is 3.99. The van der Waals surface area contributed by atoms with Gasteiger partial charge in [0.1, 0.15) is 0 Å². The van der Waals surface area contributed by atoms with Crippen LogP contribution in [-0.2, 0) is 4.89 Å². The van der Waals surface area contributed by atoms with Gasteiger partial charge in [0.05, 0.1) is 6.10 Å². The van der Waals surface area contributed by atoms with Gasteiger partial charge in [0, 0.05) is 0 Å². The standard InChI is InChI=1S/C28H44O2/c1-18(2)19(3)7-8-20(4)24-11-12-25-23-10-9-21-17-22(30-29)13-15-27(21,5)26(23)14-16-28(24,25)6/h7-10,18-20,22,24-26,29H,11-17H2,1-6H3/b8-7+/t19-,20+,22-,24+,25-,26-,27-,28+/m0/s1. The highest BCUT2D eigenvalue weighted by atomic mass is 17.1. The summed E-state index contributed by atoms with van der Waals surface area (Å²) < 4.78 is 0. The van der Waals surface area contributed by atoms with E-state index < -0.39 is 0 Å². The zero-order chi connectivity index (χ0) is 21.7. The van der Waals surface area contributed by atoms with Crippen molar-refractivity contribution in [3.05, 3.63) is 35.5 Å². The normalized spacial score (nSPS) is 42.9. The summed E-state index contributed by atoms with van der Waals surface area (Å²) in [7, 11) is 0. The summed E-state index contributed by atoms with van der Waals surface area (Å²) in [6, 6.07) is 0. The van der Waals surface area contributed by atoms with E-state index in [1.165, 1.54) is 31.3 Å². The Bertz CT molecular complexity index is 731. The second-order valence-electron chi connectivity index (χ2n) is 11.9. The zero-order valence-electron chi connectivity index (χ0n) is 20.2. The first kappa shape index (κ1) is 22.3. The largest absolute Gasteiger partial charge is 0.252 e. The smallest absolute Gasteiger partial charge is 0.0964 e. The Balaban J connectivity index is 1.56. The van der Waals surface area contributed by atoms with Crippen molar-refractivity contribution in [2.75, 3.05) is 0 Å². The minimum absolute atomic E-state index is 0.00939. The molecule has 3 fully saturated rings. The predicted molar refractivity (Wildman–Crippen MR) is 125 cm³/mol. The molecule has 0 aliphatic heterocycles. The van der Waals surface area contributed by atoms with Crippen LogP contribution >= 0.6 is 0 Å². The minimum Gasteiger partial charge on any atom is -0.252 e. The van der Waals surface area contributed by atoms with E-state index in [1.807, 2.05) is 0 Å². The van der Waals surface area contributed by atoms with E-state index >= 15 is 0 Å². The van der Waals surface area contributed by atoms with E-state index in [4.69, 9.17) is 4.89 Å². The van der Waals surface area contributed by atoms with E-state index in [0.717, 1.165) is 37.0 Å². The molecule has 0 bridgehead atoms. The van der Waals surface area contributed by atoms with Crippen LogP contribution in [-0.4, -0.2) is 11.4 Å². The number of rotatable bonds is 5. The zero-order valence-corrected chi connectivity index (χ0v) is 20.2. The Morgan fingerprint density at radius 3 is 2.43 bits per heavy atom. The maximum absolute atomic E-state index is 9.20. The molecular weight excluding hydrogens is 368 g/mol. The lowest BCUT2D eigenvalue weighted by atomic mass is 9.50. The van der Waals surface area contributed by atoms with Crippen LogP contribution in [0.1, 0.15) is 86.5 Å². The third kappa shape index (κ3) is 3.56. The van der Waals surface area contributed by atoms with Crippen LogP contribution in [0, 0.1) is 46.3 Å². The molecular formula is C28H44O2. The Hall–Kier alpha value is -0.860. The van der Waals surface area contributed by atoms with Crippen LogP contribution in [0.3, 0.4) is 0 Å². The first-order chi connectivity index (χ1) is 14.2. The fourth-order valence-corrected chi connectivity index (χ4v) is 7.67. The quantitative estimate of drug-likeness (QED) is 0.283. The average molecular weight is 413 g/mol. The lowest BCUT2D eigenvalue weighted by molar-refractivity contribution is -0.283. The van der Waals surface area contributed by atoms with E-state index in [1.54, 1.807) is 5.57 Å². The summed E-state index contributed by atoms with van der Waals surface area (Å²) in [6.45, 7) is 14.6. The van der Waals surface area contributed by atoms with Crippen molar-refractivity contribution in [3.8, 4) is 0 Å². The van der Waals surface area contributed by atoms with Gasteiger partial charge in [-0.05, 0) is 91.3 Å². The average Bonchev–Trinajstić information content (AvgIpc) is 3.08. The summed E-state index contributed by atoms with van der Waals surface area (Å²) in [5.74, 6) is 4.30. The third-order valence-corrected chi connectivity index (χ3v) is 10.2. The number of fused-ring (bicyclic) bond motifs is 5. The molecule has 4 aliphatic carbocycles. The highest BCUT2D eigenvalue weighted by Gasteiger charge is 2.56. The van der Waals surface area contributed by atoms with Crippen LogP contribution < -0.4 is 0 Å². The predicted octanol–water partition coefficient (Wildman–Crippen LogP) is 7.83. The van der Waals surface area contributed by atoms with Crippen molar-refractivity contribution in [2.24, 2.45) is 46.3 Å². The molecule has 4 aliphatic rings. The second-order valence-corrected chi connectivity index (χ2v) is 11.9. The van der Waals surface area contributed by atoms with Gasteiger partial charge in [0.25, 0.3) is 0 Å². The highest BCUT2D eigenvalue weighted by Crippen LogP contribution is 2.66. The molecule has 0 amide bonds. The van der Waals surface area contributed by atoms with Gasteiger partial charge in [0.15, 0.2) is 0 Å². The van der Waals surface area contributed by atoms with Gasteiger partial charge in [0.2, 0.25) is 0 Å². The molecule has 0 aromatic heterocycles. The van der Waals surface area contributed by atoms with E-state index in [2.05, 4.69) is 65.8 Å². The summed E-state index contributed by atoms with van der Waals surface area (Å²) in [4.78, 5) is 4.73. The van der Waals surface area contributed by atoms with Gasteiger partial charge in [-0.15, -0.1) is 0 Å². The Morgan fingerprint density at radius 2 is 1.73 bits per heavy atom. The van der Waals surface area contributed by atoms with Crippen LogP contribution in [0.5, 0.6) is 0 Å². The number of allylic oxidation sites excluding steroid dienone is 5. The molecule has 2 heteroatoms. The van der Waals surface area contributed by atoms with Gasteiger partial charge in [-0.25, -0.2) is 4.89 Å². The van der Waals surface area contributed by atoms with Crippen molar-refractivity contribution in [1.29, 1.82) is 0 Å². The molecule has 2 nitrogen and oxygen atoms in total. The molecule has 168 valence electrons. The Morgan fingerprint density at radius 1 is 0.967 bits per heavy atom. The Labute approximate surface area is 184 Å². The van der Waals surface area contributed by atoms with Crippen molar-refractivity contribution >= 4 is 0 Å². The second kappa shape index (κ2) is 8.24. The molecule has 0 radical (unpaired) electrons. The molecule has 0 aromatic rings. The van der Waals surface area contributed by atoms with Gasteiger partial charge < -0.3 is 0 Å². The van der Waals surface area contributed by atoms with Gasteiger partial charge in [-0.1, -0.05) is 77.0 Å². The molecule has 0 aromatic carbocycles. The SMILES string of the molecule is CC(C)[C@@H](C)/C=C/[C@@H](C)[C@H]1CC[C@H]2C3=CC=C4C[C@@H](OO)CC[C@]4(C)[C@H]3CC[C@]12C. The monoisotopic (exact) mass is 412 g/mol. The van der Waals surface area contributed by atoms with Crippen LogP contribution in [0.4, 0.5) is 0 Å². The first-order valence-electron chi connectivity index (χ1n) is 12.6. The molecule has 0 unspecified atom stereocenters. The molecule has 4 rings (SSSR count). The van der Waals surface area contributed by atoms with Crippen molar-refractivity contribution in [3.63, 3.8) is 0 Å². The molecule has 1 N–H and O–H groups in total. The minimum atomic E-state index is -0.00939. The summed E-state index contributed by atoms with van der Waals surface area (Å²) >= 11 is 0. The van der Waals surface area contributed by atoms with Crippen LogP contribution in [0.2, 0.25) is 0 Å². The molecule has 0 heterocycles. The fourth-order valence-electron chi connectivity index (χ4n) is 7.67. The van der Waals surface area contributed by atoms with Gasteiger partial charge in [-0.3, -0.25) is 5.26 Å². The maximum atomic E-state index is 9.20. The summed E-state index contributed by atoms with van der Waals surface area (Å²) in [5, 5.41) is 9.20. The lowest BCUT2D eigenvalue weighted by Gasteiger charge is -2.55. The van der Waals surface area contributed by atoms with Crippen molar-refractivity contribution in [2.45, 2.75) is 92.6 Å². The third-order valence-electron chi connectivity index (χ3n) is 10.2. The molecule has 3 saturated carbocycles. The van der Waals surface area contributed by atoms with E-state index in [9.17, 15) is 5.26 Å². The first-order valence-corrected chi connectivity index (χ1v) is 12.6. The molecule has 0 spiro atoms. The van der Waals surface area contributed by atoms with E-state index in [0.29, 0.717) is 23.2 Å². The number of hydrogen-bond acceptors (Lipinski definition) is 2. The van der Waals surface area contributed by atoms with Crippen molar-refractivity contribution in [1.82, 2.24) is 0 Å². The van der Waals surface area contributed by atoms with Crippen LogP contribution in [0.15, 0.2) is 35.5 Å². The lowest BCUT2D eigenvalue weighted by Crippen LogP contribution is -2.46. The fraction of sp³-hybridized carbons (Fsp3) is 0.786. The van der Waals surface area contributed by atoms with Crippen molar-refractivity contribution < 1.29 is 10.1 Å². The van der Waals surface area contributed by atoms with Gasteiger partial charge in [-0.2, -0.15) is 0 Å². The summed E-state index contributed by atoms with van der Waals surface area (Å²) in [6.07, 6.45) is 18.4. The molecule has 0 saturated heterocycles. The maximum Gasteiger partial charge on any atom is 0.0964 e. The highest BCUT2D eigenvalue weighted by molar-refractivity contribution is 5.39. The topological polar surface area (TPSA) is 29.5 Å². The Kier molecular flexibility index (Phi) is 6.14. The molecule has 30 heavy (non-hydrogen) atoms. The van der Waals surface area contributed by atoms with Gasteiger partial charge >= 0.3 is 0 Å². The number of hydrogen-bond donors (Lipinski definition) is 1. The van der Waals surface area contributed by atoms with E-state index in [-0.39, 0.29) is 11.5 Å². The molecule has 8 atom stereocenters. The van der Waals surface area contributed by atoms with Crippen LogP contribution in [0.25, 0.3) is 0 Å².